The number of nitrogens with zero attached hydrogens (tertiary/aromatic N) is 3. The lowest BCUT2D eigenvalue weighted by molar-refractivity contribution is 0.102. The predicted molar refractivity (Wildman–Crippen MR) is 116 cm³/mol. The van der Waals surface area contributed by atoms with Crippen LogP contribution in [0.4, 0.5) is 4.39 Å². The van der Waals surface area contributed by atoms with Gasteiger partial charge in [0, 0.05) is 22.5 Å². The van der Waals surface area contributed by atoms with Crippen molar-refractivity contribution in [3.63, 3.8) is 0 Å². The quantitative estimate of drug-likeness (QED) is 0.302. The van der Waals surface area contributed by atoms with E-state index in [-0.39, 0.29) is 29.4 Å². The molecule has 7 nitrogen and oxygen atoms in total. The molecule has 3 heterocycles. The highest BCUT2D eigenvalue weighted by Crippen LogP contribution is 2.36. The molecule has 0 amide bonds. The number of ether oxygens (including phenoxy) is 2. The average molecular weight is 451 g/mol. The van der Waals surface area contributed by atoms with Crippen LogP contribution in [0.25, 0.3) is 17.1 Å². The van der Waals surface area contributed by atoms with E-state index in [1.54, 1.807) is 47.0 Å². The highest BCUT2D eigenvalue weighted by Gasteiger charge is 2.20. The Hall–Kier alpha value is -3.59. The summed E-state index contributed by atoms with van der Waals surface area (Å²) in [7, 11) is 0. The van der Waals surface area contributed by atoms with Crippen LogP contribution in [0.1, 0.15) is 21.7 Å². The Bertz CT molecular complexity index is 1330. The standard InChI is InChI=1S/C23H18FN3O4S/c1-13-9-16(14(2)27(13)18-6-4-3-5-17(18)24)19(28)11-32-23-26-25-22(31-23)15-7-8-20-21(10-15)30-12-29-20/h3-10H,11-12H2,1-2H3. The smallest absolute Gasteiger partial charge is 0.277 e. The summed E-state index contributed by atoms with van der Waals surface area (Å²) in [6.45, 7) is 3.84. The van der Waals surface area contributed by atoms with Crippen LogP contribution >= 0.6 is 11.8 Å². The summed E-state index contributed by atoms with van der Waals surface area (Å²) < 4.78 is 32.4. The van der Waals surface area contributed by atoms with Crippen molar-refractivity contribution >= 4 is 17.5 Å². The summed E-state index contributed by atoms with van der Waals surface area (Å²) >= 11 is 1.16. The molecule has 0 fully saturated rings. The third kappa shape index (κ3) is 3.64. The van der Waals surface area contributed by atoms with Crippen LogP contribution in [0.2, 0.25) is 0 Å². The monoisotopic (exact) mass is 451 g/mol. The second-order valence-electron chi connectivity index (χ2n) is 7.22. The minimum atomic E-state index is -0.343. The average Bonchev–Trinajstić information content (AvgIpc) is 3.51. The third-order valence-electron chi connectivity index (χ3n) is 5.18. The summed E-state index contributed by atoms with van der Waals surface area (Å²) in [5.74, 6) is 1.29. The molecule has 0 N–H and O–H groups in total. The largest absolute Gasteiger partial charge is 0.454 e. The fourth-order valence-electron chi connectivity index (χ4n) is 3.67. The number of aryl methyl sites for hydroxylation is 1. The van der Waals surface area contributed by atoms with E-state index in [2.05, 4.69) is 10.2 Å². The number of halogens is 1. The van der Waals surface area contributed by atoms with Crippen LogP contribution in [0.3, 0.4) is 0 Å². The van der Waals surface area contributed by atoms with Crippen LogP contribution in [0, 0.1) is 19.7 Å². The zero-order chi connectivity index (χ0) is 22.2. The fraction of sp³-hybridized carbons (Fsp3) is 0.174. The summed E-state index contributed by atoms with van der Waals surface area (Å²) in [5.41, 5.74) is 3.12. The zero-order valence-electron chi connectivity index (χ0n) is 17.3. The number of carbonyl (C=O) groups excluding carboxylic acids is 1. The predicted octanol–water partition coefficient (Wildman–Crippen LogP) is 4.99. The second kappa shape index (κ2) is 8.16. The minimum Gasteiger partial charge on any atom is -0.454 e. The zero-order valence-corrected chi connectivity index (χ0v) is 18.1. The number of hydrogen-bond acceptors (Lipinski definition) is 7. The molecule has 0 saturated heterocycles. The molecule has 0 bridgehead atoms. The van der Waals surface area contributed by atoms with E-state index in [9.17, 15) is 9.18 Å². The first-order valence-electron chi connectivity index (χ1n) is 9.84. The summed E-state index contributed by atoms with van der Waals surface area (Å²) in [5, 5.41) is 8.37. The van der Waals surface area contributed by atoms with Crippen molar-refractivity contribution < 1.29 is 23.1 Å². The maximum Gasteiger partial charge on any atom is 0.277 e. The van der Waals surface area contributed by atoms with Crippen molar-refractivity contribution in [1.82, 2.24) is 14.8 Å². The van der Waals surface area contributed by atoms with Gasteiger partial charge in [0.15, 0.2) is 17.3 Å². The first-order valence-corrected chi connectivity index (χ1v) is 10.8. The van der Waals surface area contributed by atoms with Gasteiger partial charge in [0.2, 0.25) is 12.7 Å². The number of carbonyl (C=O) groups is 1. The van der Waals surface area contributed by atoms with Crippen LogP contribution in [-0.4, -0.2) is 33.1 Å². The molecule has 1 aliphatic heterocycles. The van der Waals surface area contributed by atoms with Gasteiger partial charge in [-0.25, -0.2) is 4.39 Å². The highest BCUT2D eigenvalue weighted by atomic mass is 32.2. The van der Waals surface area contributed by atoms with Gasteiger partial charge in [0.05, 0.1) is 11.4 Å². The van der Waals surface area contributed by atoms with Gasteiger partial charge in [0.25, 0.3) is 5.22 Å². The van der Waals surface area contributed by atoms with E-state index in [1.807, 2.05) is 13.8 Å². The van der Waals surface area contributed by atoms with Crippen molar-refractivity contribution in [2.24, 2.45) is 0 Å². The van der Waals surface area contributed by atoms with Crippen LogP contribution in [0.15, 0.2) is 58.2 Å². The number of hydrogen-bond donors (Lipinski definition) is 0. The van der Waals surface area contributed by atoms with E-state index >= 15 is 0 Å². The van der Waals surface area contributed by atoms with Crippen molar-refractivity contribution in [3.05, 3.63) is 71.3 Å². The molecule has 0 spiro atoms. The molecule has 2 aromatic heterocycles. The SMILES string of the molecule is Cc1cc(C(=O)CSc2nnc(-c3ccc4c(c3)OCO4)o2)c(C)n1-c1ccccc1F. The van der Waals surface area contributed by atoms with Crippen LogP contribution < -0.4 is 9.47 Å². The number of fused-ring (bicyclic) bond motifs is 1. The Morgan fingerprint density at radius 3 is 2.75 bits per heavy atom. The molecule has 162 valence electrons. The Morgan fingerprint density at radius 2 is 1.91 bits per heavy atom. The lowest BCUT2D eigenvalue weighted by atomic mass is 10.2. The number of ketones is 1. The minimum absolute atomic E-state index is 0.103. The number of thioether (sulfide) groups is 1. The maximum atomic E-state index is 14.3. The van der Waals surface area contributed by atoms with Crippen LogP contribution in [-0.2, 0) is 0 Å². The number of aromatic nitrogens is 3. The normalized spacial score (nSPS) is 12.3. The Kier molecular flexibility index (Phi) is 5.18. The van der Waals surface area contributed by atoms with Crippen molar-refractivity contribution in [1.29, 1.82) is 0 Å². The molecule has 2 aromatic carbocycles. The van der Waals surface area contributed by atoms with E-state index in [1.165, 1.54) is 6.07 Å². The molecule has 4 aromatic rings. The third-order valence-corrected chi connectivity index (χ3v) is 6.00. The summed E-state index contributed by atoms with van der Waals surface area (Å²) in [6, 6.07) is 13.6. The van der Waals surface area contributed by atoms with Gasteiger partial charge in [-0.05, 0) is 50.2 Å². The van der Waals surface area contributed by atoms with Gasteiger partial charge < -0.3 is 18.5 Å². The molecule has 0 saturated carbocycles. The van der Waals surface area contributed by atoms with Crippen LogP contribution in [0.5, 0.6) is 11.5 Å². The number of para-hydroxylation sites is 1. The maximum absolute atomic E-state index is 14.3. The van der Waals surface area contributed by atoms with E-state index in [0.717, 1.165) is 17.5 Å². The van der Waals surface area contributed by atoms with Crippen molar-refractivity contribution in [2.75, 3.05) is 12.5 Å². The molecule has 9 heteroatoms. The lowest BCUT2D eigenvalue weighted by Gasteiger charge is -2.10. The summed E-state index contributed by atoms with van der Waals surface area (Å²) in [6.07, 6.45) is 0. The number of Topliss-reactive ketones (excluding diaryl/α,β-unsaturated/α-hetero) is 1. The second-order valence-corrected chi connectivity index (χ2v) is 8.15. The first kappa shape index (κ1) is 20.3. The van der Waals surface area contributed by atoms with Gasteiger partial charge in [-0.1, -0.05) is 23.9 Å². The molecule has 32 heavy (non-hydrogen) atoms. The lowest BCUT2D eigenvalue weighted by Crippen LogP contribution is -2.06. The molecular weight excluding hydrogens is 433 g/mol. The Morgan fingerprint density at radius 1 is 1.09 bits per heavy atom. The van der Waals surface area contributed by atoms with Gasteiger partial charge in [-0.3, -0.25) is 4.79 Å². The van der Waals surface area contributed by atoms with Crippen molar-refractivity contribution in [2.45, 2.75) is 19.1 Å². The molecule has 0 aliphatic carbocycles. The first-order chi connectivity index (χ1) is 15.5. The van der Waals surface area contributed by atoms with Crippen molar-refractivity contribution in [3.8, 4) is 28.6 Å². The molecule has 0 radical (unpaired) electrons. The molecule has 5 rings (SSSR count). The highest BCUT2D eigenvalue weighted by molar-refractivity contribution is 7.99. The molecule has 0 unspecified atom stereocenters. The van der Waals surface area contributed by atoms with Gasteiger partial charge in [-0.2, -0.15) is 0 Å². The number of rotatable bonds is 6. The fourth-order valence-corrected chi connectivity index (χ4v) is 4.31. The topological polar surface area (TPSA) is 79.4 Å². The Labute approximate surface area is 187 Å². The molecular formula is C23H18FN3O4S. The number of benzene rings is 2. The van der Waals surface area contributed by atoms with Gasteiger partial charge in [-0.15, -0.1) is 10.2 Å². The van der Waals surface area contributed by atoms with Gasteiger partial charge >= 0.3 is 0 Å². The molecule has 0 atom stereocenters. The summed E-state index contributed by atoms with van der Waals surface area (Å²) in [4.78, 5) is 12.9. The van der Waals surface area contributed by atoms with E-state index in [0.29, 0.717) is 39.9 Å². The Balaban J connectivity index is 1.31. The van der Waals surface area contributed by atoms with E-state index < -0.39 is 0 Å². The van der Waals surface area contributed by atoms with Gasteiger partial charge in [0.1, 0.15) is 5.82 Å². The molecule has 1 aliphatic rings. The van der Waals surface area contributed by atoms with E-state index in [4.69, 9.17) is 13.9 Å².